The third-order valence-electron chi connectivity index (χ3n) is 8.80. The predicted molar refractivity (Wildman–Crippen MR) is 185 cm³/mol. The van der Waals surface area contributed by atoms with Gasteiger partial charge in [-0.15, -0.1) is 0 Å². The Kier molecular flexibility index (Phi) is 7.48. The minimum atomic E-state index is -0.197. The Bertz CT molecular complexity index is 1740. The number of aromatic nitrogens is 1. The van der Waals surface area contributed by atoms with Crippen molar-refractivity contribution in [3.05, 3.63) is 101 Å². The van der Waals surface area contributed by atoms with Gasteiger partial charge in [-0.1, -0.05) is 100 Å². The second-order valence-corrected chi connectivity index (χ2v) is 16.7. The highest BCUT2D eigenvalue weighted by molar-refractivity contribution is 6.10. The molecule has 1 aromatic heterocycles. The number of aryl methyl sites for hydroxylation is 1. The van der Waals surface area contributed by atoms with Gasteiger partial charge in [-0.25, -0.2) is 4.39 Å². The van der Waals surface area contributed by atoms with E-state index in [1.165, 1.54) is 38.5 Å². The van der Waals surface area contributed by atoms with E-state index in [1.807, 2.05) is 6.92 Å². The van der Waals surface area contributed by atoms with E-state index in [0.717, 1.165) is 28.8 Å². The number of fused-ring (bicyclic) bond motifs is 3. The first kappa shape index (κ1) is 31.0. The number of halogens is 1. The third kappa shape index (κ3) is 6.30. The normalized spacial score (nSPS) is 13.3. The second kappa shape index (κ2) is 10.4. The van der Waals surface area contributed by atoms with E-state index >= 15 is 0 Å². The van der Waals surface area contributed by atoms with Gasteiger partial charge in [0.2, 0.25) is 0 Å². The second-order valence-electron chi connectivity index (χ2n) is 16.7. The highest BCUT2D eigenvalue weighted by Gasteiger charge is 2.29. The van der Waals surface area contributed by atoms with Crippen LogP contribution in [0.4, 0.5) is 4.39 Å². The molecule has 0 aliphatic rings. The number of nitrogens with zero attached hydrogens (tertiary/aromatic N) is 1. The van der Waals surface area contributed by atoms with Crippen molar-refractivity contribution < 1.29 is 4.39 Å². The molecule has 0 amide bonds. The Morgan fingerprint density at radius 2 is 1.07 bits per heavy atom. The molecule has 4 aromatic carbocycles. The van der Waals surface area contributed by atoms with Gasteiger partial charge in [0.15, 0.2) is 0 Å². The maximum Gasteiger partial charge on any atom is 0.124 e. The molecule has 1 heterocycles. The maximum absolute atomic E-state index is 14.7. The Morgan fingerprint density at radius 1 is 0.558 bits per heavy atom. The number of benzene rings is 4. The Balaban J connectivity index is 1.88. The van der Waals surface area contributed by atoms with E-state index in [9.17, 15) is 4.39 Å². The van der Waals surface area contributed by atoms with E-state index in [1.54, 1.807) is 12.1 Å². The van der Waals surface area contributed by atoms with Crippen LogP contribution in [0.1, 0.15) is 105 Å². The smallest absolute Gasteiger partial charge is 0.124 e. The first-order valence-corrected chi connectivity index (χ1v) is 15.8. The molecule has 0 atom stereocenters. The van der Waals surface area contributed by atoms with Gasteiger partial charge in [-0.2, -0.15) is 0 Å². The summed E-state index contributed by atoms with van der Waals surface area (Å²) < 4.78 is 17.2. The molecule has 226 valence electrons. The molecule has 0 unspecified atom stereocenters. The zero-order valence-electron chi connectivity index (χ0n) is 28.5. The molecular formula is C41H50FN. The average Bonchev–Trinajstić information content (AvgIpc) is 3.18. The van der Waals surface area contributed by atoms with Crippen LogP contribution in [0.2, 0.25) is 0 Å². The molecule has 0 aliphatic carbocycles. The van der Waals surface area contributed by atoms with E-state index in [0.29, 0.717) is 0 Å². The molecule has 0 saturated carbocycles. The van der Waals surface area contributed by atoms with Crippen molar-refractivity contribution in [3.63, 3.8) is 0 Å². The van der Waals surface area contributed by atoms with Crippen LogP contribution in [-0.2, 0) is 16.2 Å². The highest BCUT2D eigenvalue weighted by Crippen LogP contribution is 2.42. The summed E-state index contributed by atoms with van der Waals surface area (Å²) >= 11 is 0. The van der Waals surface area contributed by atoms with Crippen LogP contribution in [-0.4, -0.2) is 4.57 Å². The van der Waals surface area contributed by atoms with Gasteiger partial charge in [-0.05, 0) is 117 Å². The monoisotopic (exact) mass is 575 g/mol. The van der Waals surface area contributed by atoms with Gasteiger partial charge < -0.3 is 4.57 Å². The lowest BCUT2D eigenvalue weighted by Gasteiger charge is -2.33. The average molecular weight is 576 g/mol. The largest absolute Gasteiger partial charge is 0.309 e. The molecule has 0 radical (unpaired) electrons. The molecule has 0 aliphatic heterocycles. The maximum atomic E-state index is 14.7. The summed E-state index contributed by atoms with van der Waals surface area (Å²) in [7, 11) is 0. The Morgan fingerprint density at radius 3 is 1.53 bits per heavy atom. The lowest BCUT2D eigenvalue weighted by atomic mass is 9.72. The summed E-state index contributed by atoms with van der Waals surface area (Å²) in [6.45, 7) is 27.3. The molecule has 43 heavy (non-hydrogen) atoms. The first-order valence-electron chi connectivity index (χ1n) is 15.8. The minimum Gasteiger partial charge on any atom is -0.309 e. The zero-order chi connectivity index (χ0) is 31.7. The fourth-order valence-corrected chi connectivity index (χ4v) is 6.86. The van der Waals surface area contributed by atoms with Crippen molar-refractivity contribution in [1.82, 2.24) is 4.57 Å². The fourth-order valence-electron chi connectivity index (χ4n) is 6.86. The van der Waals surface area contributed by atoms with Crippen LogP contribution in [0, 0.1) is 18.2 Å². The van der Waals surface area contributed by atoms with Crippen LogP contribution in [0.3, 0.4) is 0 Å². The van der Waals surface area contributed by atoms with E-state index in [2.05, 4.69) is 141 Å². The molecule has 1 nitrogen and oxygen atoms in total. The molecule has 0 saturated heterocycles. The van der Waals surface area contributed by atoms with Crippen LogP contribution in [0.15, 0.2) is 72.8 Å². The van der Waals surface area contributed by atoms with Crippen molar-refractivity contribution in [2.75, 3.05) is 0 Å². The van der Waals surface area contributed by atoms with Gasteiger partial charge in [-0.3, -0.25) is 0 Å². The van der Waals surface area contributed by atoms with Crippen molar-refractivity contribution in [2.24, 2.45) is 5.41 Å². The van der Waals surface area contributed by atoms with Crippen LogP contribution < -0.4 is 0 Å². The van der Waals surface area contributed by atoms with Gasteiger partial charge in [0.05, 0.1) is 11.0 Å². The SMILES string of the molecule is Cc1cc(F)cc(-c2cc(-n3c4ccc(C(C)(C)C)cc4c4cc(C(C)(C)C)ccc43)cc(C(C)(C)CC(C)(C)C)c2)c1. The molecule has 5 rings (SSSR count). The Labute approximate surface area is 259 Å². The van der Waals surface area contributed by atoms with Gasteiger partial charge in [0.1, 0.15) is 5.82 Å². The quantitative estimate of drug-likeness (QED) is 0.201. The molecule has 0 fully saturated rings. The number of hydrogen-bond donors (Lipinski definition) is 0. The zero-order valence-corrected chi connectivity index (χ0v) is 28.5. The molecule has 0 bridgehead atoms. The first-order chi connectivity index (χ1) is 19.7. The molecule has 0 N–H and O–H groups in total. The van der Waals surface area contributed by atoms with Crippen LogP contribution in [0.25, 0.3) is 38.6 Å². The third-order valence-corrected chi connectivity index (χ3v) is 8.80. The number of rotatable bonds is 4. The van der Waals surface area contributed by atoms with E-state index in [-0.39, 0.29) is 27.5 Å². The summed E-state index contributed by atoms with van der Waals surface area (Å²) in [6, 6.07) is 26.2. The number of hydrogen-bond acceptors (Lipinski definition) is 0. The Hall–Kier alpha value is -3.39. The van der Waals surface area contributed by atoms with E-state index < -0.39 is 0 Å². The van der Waals surface area contributed by atoms with Crippen LogP contribution in [0.5, 0.6) is 0 Å². The van der Waals surface area contributed by atoms with E-state index in [4.69, 9.17) is 0 Å². The minimum absolute atomic E-state index is 0.0452. The summed E-state index contributed by atoms with van der Waals surface area (Å²) in [5, 5.41) is 2.55. The van der Waals surface area contributed by atoms with Gasteiger partial charge in [0.25, 0.3) is 0 Å². The molecule has 0 spiro atoms. The summed E-state index contributed by atoms with van der Waals surface area (Å²) in [6.07, 6.45) is 1.03. The van der Waals surface area contributed by atoms with Crippen molar-refractivity contribution in [2.45, 2.75) is 106 Å². The van der Waals surface area contributed by atoms with Gasteiger partial charge >= 0.3 is 0 Å². The van der Waals surface area contributed by atoms with Gasteiger partial charge in [0, 0.05) is 16.5 Å². The lowest BCUT2D eigenvalue weighted by molar-refractivity contribution is 0.284. The standard InChI is InChI=1S/C41H50FN/c1-26-17-27(20-32(42)18-26)28-19-31(41(11,12)25-38(2,3)4)22-33(21-28)43-36-15-13-29(39(5,6)7)23-34(36)35-24-30(40(8,9)10)14-16-37(35)43/h13-24H,25H2,1-12H3. The fraction of sp³-hybridized carbons (Fsp3) is 0.415. The predicted octanol–water partition coefficient (Wildman–Crippen LogP) is 12.2. The van der Waals surface area contributed by atoms with Crippen molar-refractivity contribution in [1.29, 1.82) is 0 Å². The highest BCUT2D eigenvalue weighted by atomic mass is 19.1. The summed E-state index contributed by atoms with van der Waals surface area (Å²) in [4.78, 5) is 0. The molecular weight excluding hydrogens is 525 g/mol. The van der Waals surface area contributed by atoms with Crippen molar-refractivity contribution >= 4 is 21.8 Å². The molecule has 5 aromatic rings. The summed E-state index contributed by atoms with van der Waals surface area (Å²) in [5.41, 5.74) is 10.5. The lowest BCUT2D eigenvalue weighted by Crippen LogP contribution is -2.25. The topological polar surface area (TPSA) is 4.93 Å². The molecule has 2 heteroatoms. The van der Waals surface area contributed by atoms with Crippen molar-refractivity contribution in [3.8, 4) is 16.8 Å². The summed E-state index contributed by atoms with van der Waals surface area (Å²) in [5.74, 6) is -0.197. The van der Waals surface area contributed by atoms with Crippen LogP contribution >= 0.6 is 0 Å².